The van der Waals surface area contributed by atoms with Gasteiger partial charge in [-0.05, 0) is 35.0 Å². The standard InChI is InChI=1S/C18H19BrN6O2S/c1-14-21-17(12-18(22-14)24-7-6-20-13-24)23-8-10-25(11-9-23)28(26,27)16-5-3-2-4-15(16)19/h2-7,12-13H,8-11H2,1H3. The van der Waals surface area contributed by atoms with Gasteiger partial charge in [-0.3, -0.25) is 4.57 Å². The van der Waals surface area contributed by atoms with Gasteiger partial charge in [0.2, 0.25) is 10.0 Å². The molecule has 0 aliphatic carbocycles. The molecule has 0 N–H and O–H groups in total. The van der Waals surface area contributed by atoms with E-state index in [2.05, 4.69) is 35.8 Å². The predicted molar refractivity (Wildman–Crippen MR) is 109 cm³/mol. The quantitative estimate of drug-likeness (QED) is 0.590. The first-order valence-electron chi connectivity index (χ1n) is 8.79. The highest BCUT2D eigenvalue weighted by Gasteiger charge is 2.30. The third kappa shape index (κ3) is 3.67. The van der Waals surface area contributed by atoms with E-state index in [4.69, 9.17) is 0 Å². The third-order valence-corrected chi connectivity index (χ3v) is 7.51. The van der Waals surface area contributed by atoms with E-state index in [-0.39, 0.29) is 0 Å². The summed E-state index contributed by atoms with van der Waals surface area (Å²) in [5, 5.41) is 0. The second kappa shape index (κ2) is 7.61. The number of halogens is 1. The number of rotatable bonds is 4. The van der Waals surface area contributed by atoms with Gasteiger partial charge in [-0.1, -0.05) is 12.1 Å². The van der Waals surface area contributed by atoms with E-state index in [0.717, 1.165) is 11.6 Å². The number of aromatic nitrogens is 4. The van der Waals surface area contributed by atoms with Crippen molar-refractivity contribution in [2.24, 2.45) is 0 Å². The fourth-order valence-corrected chi connectivity index (χ4v) is 5.56. The largest absolute Gasteiger partial charge is 0.354 e. The molecular formula is C18H19BrN6O2S. The number of anilines is 1. The van der Waals surface area contributed by atoms with Crippen molar-refractivity contribution < 1.29 is 8.42 Å². The summed E-state index contributed by atoms with van der Waals surface area (Å²) in [6.07, 6.45) is 5.21. The van der Waals surface area contributed by atoms with Crippen LogP contribution in [0.3, 0.4) is 0 Å². The molecule has 4 rings (SSSR count). The van der Waals surface area contributed by atoms with Crippen LogP contribution in [0.2, 0.25) is 0 Å². The van der Waals surface area contributed by atoms with Crippen LogP contribution in [-0.4, -0.2) is 58.4 Å². The van der Waals surface area contributed by atoms with Crippen molar-refractivity contribution in [3.63, 3.8) is 0 Å². The molecule has 1 fully saturated rings. The number of sulfonamides is 1. The van der Waals surface area contributed by atoms with Gasteiger partial charge < -0.3 is 4.90 Å². The normalized spacial score (nSPS) is 15.7. The van der Waals surface area contributed by atoms with E-state index < -0.39 is 10.0 Å². The molecule has 0 bridgehead atoms. The second-order valence-electron chi connectivity index (χ2n) is 6.42. The lowest BCUT2D eigenvalue weighted by molar-refractivity contribution is 0.383. The first-order valence-corrected chi connectivity index (χ1v) is 11.0. The van der Waals surface area contributed by atoms with Gasteiger partial charge in [-0.15, -0.1) is 0 Å². The molecule has 0 atom stereocenters. The van der Waals surface area contributed by atoms with Crippen LogP contribution in [0.25, 0.3) is 5.82 Å². The summed E-state index contributed by atoms with van der Waals surface area (Å²) in [7, 11) is -3.54. The van der Waals surface area contributed by atoms with E-state index in [9.17, 15) is 8.42 Å². The van der Waals surface area contributed by atoms with Crippen molar-refractivity contribution in [2.75, 3.05) is 31.1 Å². The van der Waals surface area contributed by atoms with Crippen molar-refractivity contribution in [1.29, 1.82) is 0 Å². The van der Waals surface area contributed by atoms with Crippen molar-refractivity contribution in [3.05, 3.63) is 59.3 Å². The summed E-state index contributed by atoms with van der Waals surface area (Å²) in [6, 6.07) is 8.79. The minimum absolute atomic E-state index is 0.295. The molecule has 0 unspecified atom stereocenters. The molecule has 1 aliphatic heterocycles. The number of hydrogen-bond acceptors (Lipinski definition) is 6. The minimum Gasteiger partial charge on any atom is -0.354 e. The minimum atomic E-state index is -3.54. The fraction of sp³-hybridized carbons (Fsp3) is 0.278. The van der Waals surface area contributed by atoms with Gasteiger partial charge in [0, 0.05) is 49.1 Å². The van der Waals surface area contributed by atoms with Gasteiger partial charge in [0.1, 0.15) is 23.8 Å². The van der Waals surface area contributed by atoms with Crippen LogP contribution in [0.1, 0.15) is 5.82 Å². The second-order valence-corrected chi connectivity index (χ2v) is 9.18. The number of piperazine rings is 1. The Morgan fingerprint density at radius 3 is 2.43 bits per heavy atom. The summed E-state index contributed by atoms with van der Waals surface area (Å²) >= 11 is 3.34. The number of hydrogen-bond donors (Lipinski definition) is 0. The Kier molecular flexibility index (Phi) is 5.17. The van der Waals surface area contributed by atoms with E-state index in [0.29, 0.717) is 41.4 Å². The van der Waals surface area contributed by atoms with Crippen LogP contribution < -0.4 is 4.90 Å². The zero-order chi connectivity index (χ0) is 19.7. The number of imidazole rings is 1. The Hall–Kier alpha value is -2.30. The average molecular weight is 463 g/mol. The highest BCUT2D eigenvalue weighted by Crippen LogP contribution is 2.26. The topological polar surface area (TPSA) is 84.2 Å². The number of benzene rings is 1. The van der Waals surface area contributed by atoms with Gasteiger partial charge >= 0.3 is 0 Å². The van der Waals surface area contributed by atoms with Crippen LogP contribution in [-0.2, 0) is 10.0 Å². The summed E-state index contributed by atoms with van der Waals surface area (Å²) in [5.74, 6) is 2.18. The van der Waals surface area contributed by atoms with Crippen LogP contribution in [0.4, 0.5) is 5.82 Å². The van der Waals surface area contributed by atoms with Gasteiger partial charge in [-0.2, -0.15) is 4.31 Å². The van der Waals surface area contributed by atoms with Crippen molar-refractivity contribution >= 4 is 31.8 Å². The average Bonchev–Trinajstić information content (AvgIpc) is 3.23. The molecule has 0 saturated carbocycles. The maximum Gasteiger partial charge on any atom is 0.244 e. The highest BCUT2D eigenvalue weighted by atomic mass is 79.9. The molecule has 1 aliphatic rings. The molecule has 0 radical (unpaired) electrons. The molecule has 10 heteroatoms. The summed E-state index contributed by atoms with van der Waals surface area (Å²) in [6.45, 7) is 3.75. The first-order chi connectivity index (χ1) is 13.4. The Labute approximate surface area is 172 Å². The maximum atomic E-state index is 13.0. The Morgan fingerprint density at radius 1 is 1.04 bits per heavy atom. The summed E-state index contributed by atoms with van der Waals surface area (Å²) in [4.78, 5) is 15.4. The lowest BCUT2D eigenvalue weighted by Gasteiger charge is -2.35. The Morgan fingerprint density at radius 2 is 1.75 bits per heavy atom. The smallest absolute Gasteiger partial charge is 0.244 e. The molecular weight excluding hydrogens is 444 g/mol. The fourth-order valence-electron chi connectivity index (χ4n) is 3.18. The SMILES string of the molecule is Cc1nc(N2CCN(S(=O)(=O)c3ccccc3Br)CC2)cc(-n2ccnc2)n1. The van der Waals surface area contributed by atoms with Crippen LogP contribution in [0.5, 0.6) is 0 Å². The maximum absolute atomic E-state index is 13.0. The van der Waals surface area contributed by atoms with E-state index in [1.807, 2.05) is 23.8 Å². The molecule has 0 amide bonds. The van der Waals surface area contributed by atoms with E-state index >= 15 is 0 Å². The molecule has 0 spiro atoms. The predicted octanol–water partition coefficient (Wildman–Crippen LogP) is 2.24. The molecule has 3 aromatic rings. The van der Waals surface area contributed by atoms with Crippen molar-refractivity contribution in [2.45, 2.75) is 11.8 Å². The molecule has 28 heavy (non-hydrogen) atoms. The molecule has 3 heterocycles. The van der Waals surface area contributed by atoms with Gasteiger partial charge in [0.05, 0.1) is 4.90 Å². The Bertz CT molecular complexity index is 1080. The van der Waals surface area contributed by atoms with E-state index in [1.54, 1.807) is 36.8 Å². The summed E-state index contributed by atoms with van der Waals surface area (Å²) in [5.41, 5.74) is 0. The van der Waals surface area contributed by atoms with Crippen LogP contribution >= 0.6 is 15.9 Å². The highest BCUT2D eigenvalue weighted by molar-refractivity contribution is 9.10. The number of aryl methyl sites for hydroxylation is 1. The lowest BCUT2D eigenvalue weighted by atomic mass is 10.3. The molecule has 1 aromatic carbocycles. The van der Waals surface area contributed by atoms with Crippen LogP contribution in [0.15, 0.2) is 58.4 Å². The zero-order valence-corrected chi connectivity index (χ0v) is 17.6. The van der Waals surface area contributed by atoms with Crippen molar-refractivity contribution in [3.8, 4) is 5.82 Å². The summed E-state index contributed by atoms with van der Waals surface area (Å²) < 4.78 is 29.8. The lowest BCUT2D eigenvalue weighted by Crippen LogP contribution is -2.49. The molecule has 8 nitrogen and oxygen atoms in total. The van der Waals surface area contributed by atoms with Crippen LogP contribution in [0, 0.1) is 6.92 Å². The van der Waals surface area contributed by atoms with Crippen molar-refractivity contribution in [1.82, 2.24) is 23.8 Å². The zero-order valence-electron chi connectivity index (χ0n) is 15.2. The van der Waals surface area contributed by atoms with Gasteiger partial charge in [0.25, 0.3) is 0 Å². The molecule has 1 saturated heterocycles. The molecule has 2 aromatic heterocycles. The van der Waals surface area contributed by atoms with Gasteiger partial charge in [-0.25, -0.2) is 23.4 Å². The number of nitrogens with zero attached hydrogens (tertiary/aromatic N) is 6. The monoisotopic (exact) mass is 462 g/mol. The Balaban J connectivity index is 1.53. The van der Waals surface area contributed by atoms with Gasteiger partial charge in [0.15, 0.2) is 0 Å². The first kappa shape index (κ1) is 19.0. The molecule has 146 valence electrons. The van der Waals surface area contributed by atoms with E-state index in [1.165, 1.54) is 4.31 Å². The third-order valence-electron chi connectivity index (χ3n) is 4.60.